The first-order chi connectivity index (χ1) is 13.2. The maximum Gasteiger partial charge on any atom is 0.339 e. The molecule has 1 aromatic carbocycles. The first-order valence-corrected chi connectivity index (χ1v) is 8.89. The fraction of sp³-hybridized carbons (Fsp3) is 0.182. The van der Waals surface area contributed by atoms with Gasteiger partial charge in [-0.15, -0.1) is 0 Å². The monoisotopic (exact) mass is 357 g/mol. The van der Waals surface area contributed by atoms with E-state index in [1.807, 2.05) is 12.1 Å². The number of ether oxygens (including phenoxy) is 1. The Labute approximate surface area is 157 Å². The maximum atomic E-state index is 12.0. The Morgan fingerprint density at radius 1 is 1.07 bits per heavy atom. The molecule has 0 unspecified atom stereocenters. The van der Waals surface area contributed by atoms with Gasteiger partial charge in [-0.25, -0.2) is 4.79 Å². The molecule has 0 amide bonds. The Hall–Kier alpha value is -3.34. The number of carbonyl (C=O) groups excluding carboxylic acids is 1. The quantitative estimate of drug-likeness (QED) is 0.663. The topological polar surface area (TPSA) is 64.4 Å². The third kappa shape index (κ3) is 3.24. The lowest BCUT2D eigenvalue weighted by Crippen LogP contribution is -2.06. The van der Waals surface area contributed by atoms with Crippen LogP contribution in [0.25, 0.3) is 11.1 Å². The van der Waals surface area contributed by atoms with Gasteiger partial charge in [0.2, 0.25) is 0 Å². The second-order valence-electron chi connectivity index (χ2n) is 6.38. The smallest absolute Gasteiger partial charge is 0.339 e. The van der Waals surface area contributed by atoms with E-state index in [1.54, 1.807) is 25.4 Å². The fourth-order valence-corrected chi connectivity index (χ4v) is 3.21. The molecule has 0 bridgehead atoms. The highest BCUT2D eigenvalue weighted by Crippen LogP contribution is 2.28. The van der Waals surface area contributed by atoms with Gasteiger partial charge in [-0.3, -0.25) is 15.0 Å². The number of fused-ring (bicyclic) bond motifs is 1. The molecule has 134 valence electrons. The van der Waals surface area contributed by atoms with Crippen LogP contribution >= 0.6 is 0 Å². The molecule has 0 aliphatic carbocycles. The molecule has 0 fully saturated rings. The summed E-state index contributed by atoms with van der Waals surface area (Å²) >= 11 is 0. The molecule has 0 spiro atoms. The van der Waals surface area contributed by atoms with E-state index < -0.39 is 0 Å². The van der Waals surface area contributed by atoms with Crippen molar-refractivity contribution in [2.75, 3.05) is 6.61 Å². The van der Waals surface area contributed by atoms with E-state index in [0.29, 0.717) is 18.7 Å². The Bertz CT molecular complexity index is 1060. The first-order valence-electron chi connectivity index (χ1n) is 8.89. The molecule has 3 aromatic rings. The molecule has 4 rings (SSSR count). The SMILES string of the molecule is CCOC(=O)c1cncc(-c2cnc3c(c2)C(c2ccccc2C)=NC3)c1. The molecule has 0 radical (unpaired) electrons. The highest BCUT2D eigenvalue weighted by atomic mass is 16.5. The van der Waals surface area contributed by atoms with Crippen molar-refractivity contribution in [3.05, 3.63) is 82.9 Å². The van der Waals surface area contributed by atoms with Crippen molar-refractivity contribution in [2.45, 2.75) is 20.4 Å². The molecule has 5 heteroatoms. The molecule has 27 heavy (non-hydrogen) atoms. The summed E-state index contributed by atoms with van der Waals surface area (Å²) in [7, 11) is 0. The van der Waals surface area contributed by atoms with Crippen molar-refractivity contribution in [1.29, 1.82) is 0 Å². The average molecular weight is 357 g/mol. The second kappa shape index (κ2) is 7.11. The van der Waals surface area contributed by atoms with E-state index in [2.05, 4.69) is 35.1 Å². The van der Waals surface area contributed by atoms with Crippen LogP contribution in [0.4, 0.5) is 0 Å². The predicted molar refractivity (Wildman–Crippen MR) is 104 cm³/mol. The van der Waals surface area contributed by atoms with Crippen LogP contribution in [0.3, 0.4) is 0 Å². The van der Waals surface area contributed by atoms with E-state index in [1.165, 1.54) is 11.8 Å². The van der Waals surface area contributed by atoms with Crippen LogP contribution < -0.4 is 0 Å². The van der Waals surface area contributed by atoms with Crippen LogP contribution in [0, 0.1) is 6.92 Å². The number of benzene rings is 1. The number of hydrogen-bond acceptors (Lipinski definition) is 5. The molecule has 2 aromatic heterocycles. The lowest BCUT2D eigenvalue weighted by molar-refractivity contribution is 0.0526. The van der Waals surface area contributed by atoms with Crippen LogP contribution in [0.5, 0.6) is 0 Å². The number of aryl methyl sites for hydroxylation is 1. The van der Waals surface area contributed by atoms with E-state index >= 15 is 0 Å². The largest absolute Gasteiger partial charge is 0.462 e. The lowest BCUT2D eigenvalue weighted by atomic mass is 9.96. The number of esters is 1. The summed E-state index contributed by atoms with van der Waals surface area (Å²) < 4.78 is 5.07. The van der Waals surface area contributed by atoms with Gasteiger partial charge in [-0.2, -0.15) is 0 Å². The molecule has 0 saturated carbocycles. The number of pyridine rings is 2. The van der Waals surface area contributed by atoms with Gasteiger partial charge in [0.15, 0.2) is 0 Å². The van der Waals surface area contributed by atoms with Crippen LogP contribution in [-0.2, 0) is 11.3 Å². The Kier molecular flexibility index (Phi) is 4.50. The normalized spacial score (nSPS) is 12.4. The Balaban J connectivity index is 1.73. The van der Waals surface area contributed by atoms with Crippen molar-refractivity contribution < 1.29 is 9.53 Å². The summed E-state index contributed by atoms with van der Waals surface area (Å²) in [4.78, 5) is 25.5. The van der Waals surface area contributed by atoms with E-state index in [4.69, 9.17) is 9.73 Å². The van der Waals surface area contributed by atoms with E-state index in [0.717, 1.165) is 33.7 Å². The summed E-state index contributed by atoms with van der Waals surface area (Å²) in [6, 6.07) is 12.1. The summed E-state index contributed by atoms with van der Waals surface area (Å²) in [5.74, 6) is -0.372. The van der Waals surface area contributed by atoms with Gasteiger partial charge in [0.05, 0.1) is 30.1 Å². The Morgan fingerprint density at radius 2 is 1.89 bits per heavy atom. The zero-order valence-corrected chi connectivity index (χ0v) is 15.3. The van der Waals surface area contributed by atoms with Crippen LogP contribution in [0.2, 0.25) is 0 Å². The van der Waals surface area contributed by atoms with Gasteiger partial charge < -0.3 is 4.74 Å². The minimum atomic E-state index is -0.372. The van der Waals surface area contributed by atoms with Crippen LogP contribution in [-0.4, -0.2) is 28.3 Å². The molecular weight excluding hydrogens is 338 g/mol. The highest BCUT2D eigenvalue weighted by Gasteiger charge is 2.21. The zero-order valence-electron chi connectivity index (χ0n) is 15.3. The number of aromatic nitrogens is 2. The number of hydrogen-bond donors (Lipinski definition) is 0. The molecule has 0 N–H and O–H groups in total. The zero-order chi connectivity index (χ0) is 18.8. The second-order valence-corrected chi connectivity index (χ2v) is 6.38. The standard InChI is InChI=1S/C22H19N3O2/c1-3-27-22(26)17-8-15(10-23-11-17)16-9-19-20(24-12-16)13-25-21(19)18-7-5-4-6-14(18)2/h4-12H,3,13H2,1-2H3. The summed E-state index contributed by atoms with van der Waals surface area (Å²) in [5.41, 5.74) is 7.42. The van der Waals surface area contributed by atoms with E-state index in [-0.39, 0.29) is 5.97 Å². The van der Waals surface area contributed by atoms with Gasteiger partial charge in [0.1, 0.15) is 0 Å². The fourth-order valence-electron chi connectivity index (χ4n) is 3.21. The molecular formula is C22H19N3O2. The van der Waals surface area contributed by atoms with Crippen molar-refractivity contribution in [1.82, 2.24) is 9.97 Å². The highest BCUT2D eigenvalue weighted by molar-refractivity contribution is 6.16. The van der Waals surface area contributed by atoms with Crippen molar-refractivity contribution in [2.24, 2.45) is 4.99 Å². The molecule has 0 atom stereocenters. The van der Waals surface area contributed by atoms with Crippen molar-refractivity contribution in [3.8, 4) is 11.1 Å². The minimum absolute atomic E-state index is 0.333. The average Bonchev–Trinajstić information content (AvgIpc) is 3.12. The predicted octanol–water partition coefficient (Wildman–Crippen LogP) is 3.98. The molecule has 3 heterocycles. The number of carbonyl (C=O) groups is 1. The van der Waals surface area contributed by atoms with Gasteiger partial charge in [-0.1, -0.05) is 24.3 Å². The molecule has 1 aliphatic rings. The molecule has 0 saturated heterocycles. The molecule has 5 nitrogen and oxygen atoms in total. The van der Waals surface area contributed by atoms with Gasteiger partial charge in [-0.05, 0) is 31.5 Å². The summed E-state index contributed by atoms with van der Waals surface area (Å²) in [5, 5.41) is 0. The summed E-state index contributed by atoms with van der Waals surface area (Å²) in [6.45, 7) is 4.78. The number of aliphatic imine (C=N–C) groups is 1. The van der Waals surface area contributed by atoms with Crippen LogP contribution in [0.15, 0.2) is 60.0 Å². The van der Waals surface area contributed by atoms with Gasteiger partial charge >= 0.3 is 5.97 Å². The summed E-state index contributed by atoms with van der Waals surface area (Å²) in [6.07, 6.45) is 5.05. The maximum absolute atomic E-state index is 12.0. The van der Waals surface area contributed by atoms with E-state index in [9.17, 15) is 4.79 Å². The van der Waals surface area contributed by atoms with Gasteiger partial charge in [0.25, 0.3) is 0 Å². The lowest BCUT2D eigenvalue weighted by Gasteiger charge is -2.09. The third-order valence-electron chi connectivity index (χ3n) is 4.60. The van der Waals surface area contributed by atoms with Crippen molar-refractivity contribution >= 4 is 11.7 Å². The number of rotatable bonds is 4. The first kappa shape index (κ1) is 17.1. The van der Waals surface area contributed by atoms with Gasteiger partial charge in [0, 0.05) is 40.8 Å². The Morgan fingerprint density at radius 3 is 2.70 bits per heavy atom. The van der Waals surface area contributed by atoms with Crippen molar-refractivity contribution in [3.63, 3.8) is 0 Å². The van der Waals surface area contributed by atoms with Crippen LogP contribution in [0.1, 0.15) is 39.7 Å². The third-order valence-corrected chi connectivity index (χ3v) is 4.60. The minimum Gasteiger partial charge on any atom is -0.462 e. The molecule has 1 aliphatic heterocycles. The number of nitrogens with zero attached hydrogens (tertiary/aromatic N) is 3.